The lowest BCUT2D eigenvalue weighted by Gasteiger charge is -2.62. The van der Waals surface area contributed by atoms with Gasteiger partial charge in [0.25, 0.3) is 0 Å². The molecule has 2 bridgehead atoms. The summed E-state index contributed by atoms with van der Waals surface area (Å²) in [6, 6.07) is 0. The van der Waals surface area contributed by atoms with Gasteiger partial charge >= 0.3 is 0 Å². The fourth-order valence-electron chi connectivity index (χ4n) is 9.01. The summed E-state index contributed by atoms with van der Waals surface area (Å²) in [5.74, 6) is 1.73. The van der Waals surface area contributed by atoms with Gasteiger partial charge < -0.3 is 9.84 Å². The Bertz CT molecular complexity index is 672. The minimum absolute atomic E-state index is 0.0540. The Hall–Kier alpha value is -0.0000000000000000555. The molecule has 4 aliphatic carbocycles. The molecule has 1 N–H and O–H groups in total. The van der Waals surface area contributed by atoms with Crippen LogP contribution in [0.25, 0.3) is 0 Å². The molecular formula is C23H34BrFO3. The molecule has 0 spiro atoms. The first-order valence-electron chi connectivity index (χ1n) is 11.4. The summed E-state index contributed by atoms with van der Waals surface area (Å²) in [6.45, 7) is 4.46. The van der Waals surface area contributed by atoms with Crippen molar-refractivity contribution in [1.82, 2.24) is 0 Å². The standard InChI is InChI=1S/C23H34BrFO3/c1-3-13-8-17-15-9-19-23(24)10-14(26)4-7-22(23,12-28-19)16(15)5-6-21(17,2)20(13)18(27)11-25/h13-17,19-20,26H,3-12H2,1-2H3/t13-,14+,15-,16+,17+,19-,20-,21+,22+,23+/m1/s1. The van der Waals surface area contributed by atoms with Crippen molar-refractivity contribution in [2.24, 2.45) is 40.4 Å². The molecule has 5 aliphatic rings. The predicted molar refractivity (Wildman–Crippen MR) is 109 cm³/mol. The number of halogens is 2. The largest absolute Gasteiger partial charge is 0.393 e. The summed E-state index contributed by atoms with van der Waals surface area (Å²) in [6.07, 6.45) is 7.84. The maximum atomic E-state index is 13.5. The van der Waals surface area contributed by atoms with Crippen molar-refractivity contribution >= 4 is 21.7 Å². The SMILES string of the molecule is CC[C@@H]1C[C@H]2[C@@H]3C[C@H]4OC[C@@]5(CC[C@H](O)C[C@]45Br)[C@H]3CC[C@]2(C)[C@H]1C(=O)CF. The quantitative estimate of drug-likeness (QED) is 0.626. The van der Waals surface area contributed by atoms with E-state index in [0.717, 1.165) is 58.0 Å². The number of carbonyl (C=O) groups excluding carboxylic acids is 1. The van der Waals surface area contributed by atoms with Crippen LogP contribution in [0.3, 0.4) is 0 Å². The van der Waals surface area contributed by atoms with Crippen molar-refractivity contribution in [1.29, 1.82) is 0 Å². The lowest BCUT2D eigenvalue weighted by Crippen LogP contribution is -2.63. The van der Waals surface area contributed by atoms with Gasteiger partial charge in [-0.1, -0.05) is 36.2 Å². The van der Waals surface area contributed by atoms with E-state index in [1.807, 2.05) is 0 Å². The second-order valence-corrected chi connectivity index (χ2v) is 12.3. The lowest BCUT2D eigenvalue weighted by molar-refractivity contribution is -0.135. The van der Waals surface area contributed by atoms with Crippen molar-refractivity contribution in [3.63, 3.8) is 0 Å². The summed E-state index contributed by atoms with van der Waals surface area (Å²) < 4.78 is 19.8. The Kier molecular flexibility index (Phi) is 4.63. The molecule has 1 heterocycles. The van der Waals surface area contributed by atoms with Crippen molar-refractivity contribution in [2.45, 2.75) is 81.7 Å². The summed E-state index contributed by atoms with van der Waals surface area (Å²) >= 11 is 4.13. The van der Waals surface area contributed by atoms with Crippen LogP contribution in [0.4, 0.5) is 4.39 Å². The first-order valence-corrected chi connectivity index (χ1v) is 12.2. The number of rotatable bonds is 3. The van der Waals surface area contributed by atoms with Crippen LogP contribution >= 0.6 is 15.9 Å². The van der Waals surface area contributed by atoms with Crippen LogP contribution < -0.4 is 0 Å². The number of aliphatic hydroxyl groups is 1. The third kappa shape index (κ3) is 2.30. The molecule has 0 unspecified atom stereocenters. The van der Waals surface area contributed by atoms with Gasteiger partial charge in [-0.25, -0.2) is 4.39 Å². The summed E-state index contributed by atoms with van der Waals surface area (Å²) in [7, 11) is 0. The van der Waals surface area contributed by atoms with E-state index in [0.29, 0.717) is 23.7 Å². The van der Waals surface area contributed by atoms with Gasteiger partial charge in [-0.05, 0) is 74.0 Å². The highest BCUT2D eigenvalue weighted by molar-refractivity contribution is 9.10. The molecule has 0 aromatic heterocycles. The Morgan fingerprint density at radius 3 is 2.75 bits per heavy atom. The molecule has 1 aliphatic heterocycles. The minimum Gasteiger partial charge on any atom is -0.393 e. The predicted octanol–water partition coefficient (Wildman–Crippen LogP) is 4.69. The maximum Gasteiger partial charge on any atom is 0.167 e. The van der Waals surface area contributed by atoms with E-state index in [1.54, 1.807) is 0 Å². The molecule has 3 nitrogen and oxygen atoms in total. The monoisotopic (exact) mass is 456 g/mol. The molecule has 4 saturated carbocycles. The average molecular weight is 457 g/mol. The van der Waals surface area contributed by atoms with Gasteiger partial charge in [-0.2, -0.15) is 0 Å². The van der Waals surface area contributed by atoms with Crippen LogP contribution in [-0.2, 0) is 9.53 Å². The highest BCUT2D eigenvalue weighted by Gasteiger charge is 2.72. The third-order valence-electron chi connectivity index (χ3n) is 10.1. The van der Waals surface area contributed by atoms with E-state index in [2.05, 4.69) is 29.8 Å². The van der Waals surface area contributed by atoms with Gasteiger partial charge in [-0.15, -0.1) is 0 Å². The molecule has 0 aromatic rings. The van der Waals surface area contributed by atoms with Crippen LogP contribution in [0.1, 0.15) is 65.2 Å². The third-order valence-corrected chi connectivity index (χ3v) is 11.8. The summed E-state index contributed by atoms with van der Waals surface area (Å²) in [5.41, 5.74) is 0.0621. The second-order valence-electron chi connectivity index (χ2n) is 10.9. The molecule has 158 valence electrons. The van der Waals surface area contributed by atoms with Crippen LogP contribution in [0, 0.1) is 40.4 Å². The van der Waals surface area contributed by atoms with Crippen LogP contribution in [-0.4, -0.2) is 40.7 Å². The van der Waals surface area contributed by atoms with Crippen molar-refractivity contribution < 1.29 is 19.0 Å². The Morgan fingerprint density at radius 2 is 2.04 bits per heavy atom. The normalized spacial score (nSPS) is 57.4. The molecule has 5 rings (SSSR count). The van der Waals surface area contributed by atoms with E-state index in [-0.39, 0.29) is 39.1 Å². The molecule has 5 fully saturated rings. The van der Waals surface area contributed by atoms with Crippen molar-refractivity contribution in [2.75, 3.05) is 13.3 Å². The fraction of sp³-hybridized carbons (Fsp3) is 0.957. The summed E-state index contributed by atoms with van der Waals surface area (Å²) in [4.78, 5) is 12.6. The highest BCUT2D eigenvalue weighted by Crippen LogP contribution is 2.73. The summed E-state index contributed by atoms with van der Waals surface area (Å²) in [5, 5.41) is 10.4. The van der Waals surface area contributed by atoms with E-state index in [4.69, 9.17) is 4.74 Å². The molecule has 1 saturated heterocycles. The number of carbonyl (C=O) groups is 1. The van der Waals surface area contributed by atoms with Crippen LogP contribution in [0.5, 0.6) is 0 Å². The topological polar surface area (TPSA) is 46.5 Å². The number of ketones is 1. The van der Waals surface area contributed by atoms with Gasteiger partial charge in [0.15, 0.2) is 5.78 Å². The van der Waals surface area contributed by atoms with Crippen molar-refractivity contribution in [3.05, 3.63) is 0 Å². The molecule has 10 atom stereocenters. The Balaban J connectivity index is 1.52. The zero-order valence-electron chi connectivity index (χ0n) is 17.1. The first kappa shape index (κ1) is 19.9. The van der Waals surface area contributed by atoms with E-state index in [1.165, 1.54) is 0 Å². The van der Waals surface area contributed by atoms with E-state index in [9.17, 15) is 14.3 Å². The molecule has 5 heteroatoms. The molecule has 28 heavy (non-hydrogen) atoms. The number of hydrogen-bond acceptors (Lipinski definition) is 3. The maximum absolute atomic E-state index is 13.5. The average Bonchev–Trinajstić information content (AvgIpc) is 3.05. The zero-order valence-corrected chi connectivity index (χ0v) is 18.7. The van der Waals surface area contributed by atoms with Gasteiger partial charge in [0.1, 0.15) is 6.67 Å². The van der Waals surface area contributed by atoms with Gasteiger partial charge in [-0.3, -0.25) is 4.79 Å². The smallest absolute Gasteiger partial charge is 0.167 e. The second kappa shape index (κ2) is 6.50. The fourth-order valence-corrected chi connectivity index (χ4v) is 10.3. The molecule has 0 amide bonds. The van der Waals surface area contributed by atoms with Gasteiger partial charge in [0, 0.05) is 11.3 Å². The van der Waals surface area contributed by atoms with Crippen LogP contribution in [0.15, 0.2) is 0 Å². The lowest BCUT2D eigenvalue weighted by atomic mass is 9.44. The molecule has 0 aromatic carbocycles. The van der Waals surface area contributed by atoms with Gasteiger partial charge in [0.05, 0.1) is 23.1 Å². The van der Waals surface area contributed by atoms with Gasteiger partial charge in [0.2, 0.25) is 0 Å². The number of hydrogen-bond donors (Lipinski definition) is 1. The number of ether oxygens (including phenoxy) is 1. The Labute approximate surface area is 176 Å². The number of alkyl halides is 2. The van der Waals surface area contributed by atoms with Crippen LogP contribution in [0.2, 0.25) is 0 Å². The number of aliphatic hydroxyl groups excluding tert-OH is 1. The minimum atomic E-state index is -0.810. The molecular weight excluding hydrogens is 423 g/mol. The highest BCUT2D eigenvalue weighted by atomic mass is 79.9. The zero-order chi connectivity index (χ0) is 19.9. The first-order chi connectivity index (χ1) is 13.3. The molecule has 0 radical (unpaired) electrons. The number of Topliss-reactive ketones (excluding diaryl/α,β-unsaturated/α-hetero) is 1. The Morgan fingerprint density at radius 1 is 1.25 bits per heavy atom. The number of fused-ring (bicyclic) bond motifs is 3. The van der Waals surface area contributed by atoms with Crippen molar-refractivity contribution in [3.8, 4) is 0 Å². The van der Waals surface area contributed by atoms with E-state index < -0.39 is 6.67 Å². The van der Waals surface area contributed by atoms with E-state index >= 15 is 0 Å².